The highest BCUT2D eigenvalue weighted by Gasteiger charge is 2.13. The maximum atomic E-state index is 11.1. The SMILES string of the molecule is O=C(O)C(=O)CCc1nccn1Cc1ccccc1. The van der Waals surface area contributed by atoms with E-state index in [-0.39, 0.29) is 6.42 Å². The van der Waals surface area contributed by atoms with Crippen molar-refractivity contribution in [3.63, 3.8) is 0 Å². The van der Waals surface area contributed by atoms with E-state index in [1.165, 1.54) is 0 Å². The minimum Gasteiger partial charge on any atom is -0.476 e. The van der Waals surface area contributed by atoms with Crippen molar-refractivity contribution in [3.8, 4) is 0 Å². The van der Waals surface area contributed by atoms with Crippen molar-refractivity contribution in [2.24, 2.45) is 0 Å². The molecule has 98 valence electrons. The van der Waals surface area contributed by atoms with Gasteiger partial charge in [0.05, 0.1) is 0 Å². The topological polar surface area (TPSA) is 72.2 Å². The van der Waals surface area contributed by atoms with Gasteiger partial charge in [-0.3, -0.25) is 4.79 Å². The Morgan fingerprint density at radius 2 is 1.95 bits per heavy atom. The van der Waals surface area contributed by atoms with Crippen molar-refractivity contribution in [2.75, 3.05) is 0 Å². The Balaban J connectivity index is 2.02. The molecule has 0 aliphatic carbocycles. The number of imidazole rings is 1. The number of rotatable bonds is 6. The van der Waals surface area contributed by atoms with E-state index in [1.807, 2.05) is 41.1 Å². The monoisotopic (exact) mass is 258 g/mol. The number of aryl methyl sites for hydroxylation is 1. The van der Waals surface area contributed by atoms with Crippen LogP contribution in [0, 0.1) is 0 Å². The zero-order valence-corrected chi connectivity index (χ0v) is 10.3. The second kappa shape index (κ2) is 5.95. The first kappa shape index (κ1) is 13.0. The average molecular weight is 258 g/mol. The van der Waals surface area contributed by atoms with Gasteiger partial charge in [0.15, 0.2) is 0 Å². The first-order chi connectivity index (χ1) is 9.16. The molecule has 1 aromatic heterocycles. The standard InChI is InChI=1S/C14H14N2O3/c17-12(14(18)19)6-7-13-15-8-9-16(13)10-11-4-2-1-3-5-11/h1-5,8-9H,6-7,10H2,(H,18,19). The zero-order chi connectivity index (χ0) is 13.7. The molecule has 0 aliphatic rings. The van der Waals surface area contributed by atoms with E-state index in [9.17, 15) is 9.59 Å². The van der Waals surface area contributed by atoms with Gasteiger partial charge in [0.25, 0.3) is 0 Å². The lowest BCUT2D eigenvalue weighted by atomic mass is 10.2. The van der Waals surface area contributed by atoms with Crippen LogP contribution in [0.5, 0.6) is 0 Å². The second-order valence-corrected chi connectivity index (χ2v) is 4.19. The fourth-order valence-corrected chi connectivity index (χ4v) is 1.82. The summed E-state index contributed by atoms with van der Waals surface area (Å²) in [5, 5.41) is 8.54. The molecule has 1 heterocycles. The zero-order valence-electron chi connectivity index (χ0n) is 10.3. The van der Waals surface area contributed by atoms with E-state index in [4.69, 9.17) is 5.11 Å². The van der Waals surface area contributed by atoms with E-state index in [0.717, 1.165) is 11.4 Å². The van der Waals surface area contributed by atoms with Gasteiger partial charge in [-0.1, -0.05) is 30.3 Å². The Bertz CT molecular complexity index is 575. The summed E-state index contributed by atoms with van der Waals surface area (Å²) in [6.07, 6.45) is 3.79. The normalized spacial score (nSPS) is 10.3. The van der Waals surface area contributed by atoms with E-state index in [0.29, 0.717) is 13.0 Å². The molecule has 2 aromatic rings. The van der Waals surface area contributed by atoms with Gasteiger partial charge in [0.2, 0.25) is 5.78 Å². The quantitative estimate of drug-likeness (QED) is 0.797. The third-order valence-corrected chi connectivity index (χ3v) is 2.81. The molecule has 0 atom stereocenters. The van der Waals surface area contributed by atoms with Gasteiger partial charge in [-0.25, -0.2) is 9.78 Å². The number of carboxylic acids is 1. The molecular formula is C14H14N2O3. The Hall–Kier alpha value is -2.43. The van der Waals surface area contributed by atoms with Crippen LogP contribution in [0.25, 0.3) is 0 Å². The molecule has 0 radical (unpaired) electrons. The van der Waals surface area contributed by atoms with E-state index in [2.05, 4.69) is 4.98 Å². The maximum Gasteiger partial charge on any atom is 0.372 e. The van der Waals surface area contributed by atoms with Crippen LogP contribution in [-0.4, -0.2) is 26.4 Å². The molecule has 0 saturated heterocycles. The molecule has 0 saturated carbocycles. The van der Waals surface area contributed by atoms with Crippen LogP contribution in [0.1, 0.15) is 17.8 Å². The minimum absolute atomic E-state index is 0.0267. The first-order valence-electron chi connectivity index (χ1n) is 5.97. The predicted molar refractivity (Wildman–Crippen MR) is 68.7 cm³/mol. The van der Waals surface area contributed by atoms with Crippen molar-refractivity contribution in [1.29, 1.82) is 0 Å². The summed E-state index contributed by atoms with van der Waals surface area (Å²) >= 11 is 0. The molecule has 0 fully saturated rings. The molecule has 0 bridgehead atoms. The van der Waals surface area contributed by atoms with E-state index < -0.39 is 11.8 Å². The van der Waals surface area contributed by atoms with Crippen LogP contribution in [-0.2, 0) is 22.6 Å². The highest BCUT2D eigenvalue weighted by atomic mass is 16.4. The number of carbonyl (C=O) groups excluding carboxylic acids is 1. The summed E-state index contributed by atoms with van der Waals surface area (Å²) in [6, 6.07) is 9.88. The number of hydrogen-bond acceptors (Lipinski definition) is 3. The maximum absolute atomic E-state index is 11.1. The lowest BCUT2D eigenvalue weighted by Gasteiger charge is -2.07. The van der Waals surface area contributed by atoms with Gasteiger partial charge in [-0.15, -0.1) is 0 Å². The number of aromatic nitrogens is 2. The van der Waals surface area contributed by atoms with Crippen LogP contribution >= 0.6 is 0 Å². The summed E-state index contributed by atoms with van der Waals surface area (Å²) < 4.78 is 1.92. The molecule has 5 heteroatoms. The number of Topliss-reactive ketones (excluding diaryl/α,β-unsaturated/α-hetero) is 1. The minimum atomic E-state index is -1.39. The summed E-state index contributed by atoms with van der Waals surface area (Å²) in [4.78, 5) is 25.7. The fraction of sp³-hybridized carbons (Fsp3) is 0.214. The number of carbonyl (C=O) groups is 2. The molecule has 19 heavy (non-hydrogen) atoms. The molecule has 1 N–H and O–H groups in total. The van der Waals surface area contributed by atoms with Crippen LogP contribution < -0.4 is 0 Å². The van der Waals surface area contributed by atoms with Crippen LogP contribution in [0.2, 0.25) is 0 Å². The van der Waals surface area contributed by atoms with Gasteiger partial charge in [0.1, 0.15) is 5.82 Å². The molecular weight excluding hydrogens is 244 g/mol. The number of benzene rings is 1. The Labute approximate surface area is 110 Å². The van der Waals surface area contributed by atoms with Crippen LogP contribution in [0.4, 0.5) is 0 Å². The third-order valence-electron chi connectivity index (χ3n) is 2.81. The van der Waals surface area contributed by atoms with Crippen molar-refractivity contribution in [3.05, 3.63) is 54.1 Å². The first-order valence-corrected chi connectivity index (χ1v) is 5.97. The van der Waals surface area contributed by atoms with Crippen molar-refractivity contribution >= 4 is 11.8 Å². The van der Waals surface area contributed by atoms with Crippen molar-refractivity contribution < 1.29 is 14.7 Å². The highest BCUT2D eigenvalue weighted by molar-refractivity contribution is 6.32. The summed E-state index contributed by atoms with van der Waals surface area (Å²) in [7, 11) is 0. The highest BCUT2D eigenvalue weighted by Crippen LogP contribution is 2.07. The smallest absolute Gasteiger partial charge is 0.372 e. The van der Waals surface area contributed by atoms with Gasteiger partial charge >= 0.3 is 5.97 Å². The summed E-state index contributed by atoms with van der Waals surface area (Å²) in [6.45, 7) is 0.664. The summed E-state index contributed by atoms with van der Waals surface area (Å²) in [5.41, 5.74) is 1.13. The van der Waals surface area contributed by atoms with Crippen LogP contribution in [0.3, 0.4) is 0 Å². The van der Waals surface area contributed by atoms with Gasteiger partial charge < -0.3 is 9.67 Å². The number of ketones is 1. The van der Waals surface area contributed by atoms with Gasteiger partial charge in [-0.05, 0) is 5.56 Å². The molecule has 0 amide bonds. The third kappa shape index (κ3) is 3.51. The molecule has 5 nitrogen and oxygen atoms in total. The predicted octanol–water partition coefficient (Wildman–Crippen LogP) is 1.52. The van der Waals surface area contributed by atoms with E-state index >= 15 is 0 Å². The Morgan fingerprint density at radius 1 is 1.21 bits per heavy atom. The number of aliphatic carboxylic acids is 1. The lowest BCUT2D eigenvalue weighted by molar-refractivity contribution is -0.149. The van der Waals surface area contributed by atoms with Crippen molar-refractivity contribution in [1.82, 2.24) is 9.55 Å². The van der Waals surface area contributed by atoms with Crippen molar-refractivity contribution in [2.45, 2.75) is 19.4 Å². The Kier molecular flexibility index (Phi) is 4.07. The number of hydrogen-bond donors (Lipinski definition) is 1. The van der Waals surface area contributed by atoms with Gasteiger partial charge in [0, 0.05) is 31.8 Å². The second-order valence-electron chi connectivity index (χ2n) is 4.19. The number of carboxylic acid groups (broad SMARTS) is 1. The molecule has 1 aromatic carbocycles. The molecule has 0 spiro atoms. The lowest BCUT2D eigenvalue weighted by Crippen LogP contribution is -2.14. The van der Waals surface area contributed by atoms with Crippen LogP contribution in [0.15, 0.2) is 42.7 Å². The largest absolute Gasteiger partial charge is 0.476 e. The van der Waals surface area contributed by atoms with Gasteiger partial charge in [-0.2, -0.15) is 0 Å². The molecule has 0 aliphatic heterocycles. The Morgan fingerprint density at radius 3 is 2.63 bits per heavy atom. The molecule has 2 rings (SSSR count). The number of nitrogens with zero attached hydrogens (tertiary/aromatic N) is 2. The van der Waals surface area contributed by atoms with E-state index in [1.54, 1.807) is 6.20 Å². The fourth-order valence-electron chi connectivity index (χ4n) is 1.82. The molecule has 0 unspecified atom stereocenters. The summed E-state index contributed by atoms with van der Waals surface area (Å²) in [5.74, 6) is -1.45. The average Bonchev–Trinajstić information content (AvgIpc) is 2.84.